The average molecular weight is 299 g/mol. The van der Waals surface area contributed by atoms with Gasteiger partial charge < -0.3 is 4.90 Å². The second-order valence-corrected chi connectivity index (χ2v) is 6.89. The van der Waals surface area contributed by atoms with Gasteiger partial charge in [0.1, 0.15) is 5.75 Å². The Bertz CT molecular complexity index is 679. The van der Waals surface area contributed by atoms with E-state index in [1.54, 1.807) is 14.1 Å². The average Bonchev–Trinajstić information content (AvgIpc) is 2.81. The van der Waals surface area contributed by atoms with Gasteiger partial charge in [-0.3, -0.25) is 9.00 Å². The lowest BCUT2D eigenvalue weighted by Gasteiger charge is -2.15. The predicted octanol–water partition coefficient (Wildman–Crippen LogP) is 2.59. The summed E-state index contributed by atoms with van der Waals surface area (Å²) >= 11 is 0. The van der Waals surface area contributed by atoms with Gasteiger partial charge in [0.2, 0.25) is 5.91 Å². The summed E-state index contributed by atoms with van der Waals surface area (Å²) in [5.41, 5.74) is 4.37. The highest BCUT2D eigenvalue weighted by Crippen LogP contribution is 2.46. The number of hydrogen-bond donors (Lipinski definition) is 0. The number of rotatable bonds is 3. The molecule has 0 bridgehead atoms. The maximum Gasteiger partial charge on any atom is 0.234 e. The van der Waals surface area contributed by atoms with E-state index < -0.39 is 10.8 Å². The lowest BCUT2D eigenvalue weighted by Crippen LogP contribution is -2.28. The Kier molecular flexibility index (Phi) is 3.64. The number of carbonyl (C=O) groups excluding carboxylic acids is 1. The van der Waals surface area contributed by atoms with Gasteiger partial charge in [0.15, 0.2) is 0 Å². The summed E-state index contributed by atoms with van der Waals surface area (Å²) in [7, 11) is 2.12. The Morgan fingerprint density at radius 2 is 1.48 bits per heavy atom. The topological polar surface area (TPSA) is 37.4 Å². The van der Waals surface area contributed by atoms with Crippen LogP contribution in [0.5, 0.6) is 0 Å². The van der Waals surface area contributed by atoms with E-state index in [1.165, 1.54) is 4.90 Å². The summed E-state index contributed by atoms with van der Waals surface area (Å²) in [5, 5.41) is -0.207. The van der Waals surface area contributed by atoms with Crippen LogP contribution in [0.3, 0.4) is 0 Å². The standard InChI is InChI=1S/C17H17NO2S/c1-18(2)16(19)11-21(20)17-14-9-5-3-7-12(14)13-8-4-6-10-15(13)17/h3-10,17H,11H2,1-2H3. The van der Waals surface area contributed by atoms with E-state index in [1.807, 2.05) is 36.4 Å². The second kappa shape index (κ2) is 5.45. The Labute approximate surface area is 127 Å². The molecule has 0 spiro atoms. The van der Waals surface area contributed by atoms with Crippen molar-refractivity contribution in [2.75, 3.05) is 19.8 Å². The van der Waals surface area contributed by atoms with Gasteiger partial charge in [-0.05, 0) is 22.3 Å². The molecule has 1 aliphatic carbocycles. The molecular formula is C17H17NO2S. The molecule has 4 heteroatoms. The molecule has 0 N–H and O–H groups in total. The van der Waals surface area contributed by atoms with Crippen LogP contribution >= 0.6 is 0 Å². The van der Waals surface area contributed by atoms with Crippen molar-refractivity contribution in [1.29, 1.82) is 0 Å². The highest BCUT2D eigenvalue weighted by Gasteiger charge is 2.33. The lowest BCUT2D eigenvalue weighted by atomic mass is 10.1. The van der Waals surface area contributed by atoms with E-state index in [2.05, 4.69) is 12.1 Å². The Morgan fingerprint density at radius 3 is 1.95 bits per heavy atom. The third-order valence-corrected chi connectivity index (χ3v) is 5.37. The minimum atomic E-state index is -1.26. The number of fused-ring (bicyclic) bond motifs is 3. The van der Waals surface area contributed by atoms with E-state index in [-0.39, 0.29) is 16.9 Å². The first-order valence-electron chi connectivity index (χ1n) is 6.85. The SMILES string of the molecule is CN(C)C(=O)CS(=O)C1c2ccccc2-c2ccccc21. The minimum absolute atomic E-state index is 0.0559. The van der Waals surface area contributed by atoms with Crippen LogP contribution in [0.1, 0.15) is 16.4 Å². The fourth-order valence-corrected chi connectivity index (χ4v) is 4.37. The van der Waals surface area contributed by atoms with Gasteiger partial charge in [0, 0.05) is 24.9 Å². The summed E-state index contributed by atoms with van der Waals surface area (Å²) in [6.45, 7) is 0. The minimum Gasteiger partial charge on any atom is -0.348 e. The summed E-state index contributed by atoms with van der Waals surface area (Å²) in [4.78, 5) is 13.4. The molecule has 0 aliphatic heterocycles. The quantitative estimate of drug-likeness (QED) is 0.873. The highest BCUT2D eigenvalue weighted by molar-refractivity contribution is 7.86. The molecule has 2 aromatic carbocycles. The molecule has 0 saturated carbocycles. The molecule has 0 fully saturated rings. The summed E-state index contributed by atoms with van der Waals surface area (Å²) in [5.74, 6) is -0.0458. The normalized spacial score (nSPS) is 14.4. The molecule has 3 rings (SSSR count). The zero-order valence-electron chi connectivity index (χ0n) is 12.1. The van der Waals surface area contributed by atoms with Gasteiger partial charge in [0.25, 0.3) is 0 Å². The van der Waals surface area contributed by atoms with Crippen LogP contribution in [0.2, 0.25) is 0 Å². The van der Waals surface area contributed by atoms with Crippen LogP contribution < -0.4 is 0 Å². The third-order valence-electron chi connectivity index (χ3n) is 3.80. The summed E-state index contributed by atoms with van der Waals surface area (Å²) in [6.07, 6.45) is 0. The van der Waals surface area contributed by atoms with Crippen LogP contribution in [0, 0.1) is 0 Å². The van der Waals surface area contributed by atoms with Gasteiger partial charge in [0.05, 0.1) is 5.25 Å². The smallest absolute Gasteiger partial charge is 0.234 e. The van der Waals surface area contributed by atoms with Crippen molar-refractivity contribution in [1.82, 2.24) is 4.90 Å². The van der Waals surface area contributed by atoms with Gasteiger partial charge in [-0.15, -0.1) is 0 Å². The van der Waals surface area contributed by atoms with Crippen molar-refractivity contribution in [2.24, 2.45) is 0 Å². The first-order valence-corrected chi connectivity index (χ1v) is 8.23. The van der Waals surface area contributed by atoms with Crippen molar-refractivity contribution < 1.29 is 9.00 Å². The second-order valence-electron chi connectivity index (χ2n) is 5.37. The zero-order chi connectivity index (χ0) is 15.0. The highest BCUT2D eigenvalue weighted by atomic mass is 32.2. The van der Waals surface area contributed by atoms with Gasteiger partial charge >= 0.3 is 0 Å². The maximum atomic E-state index is 12.7. The van der Waals surface area contributed by atoms with Crippen molar-refractivity contribution in [3.05, 3.63) is 59.7 Å². The fraction of sp³-hybridized carbons (Fsp3) is 0.235. The van der Waals surface area contributed by atoms with E-state index in [0.717, 1.165) is 22.3 Å². The van der Waals surface area contributed by atoms with E-state index >= 15 is 0 Å². The molecule has 108 valence electrons. The molecule has 0 radical (unpaired) electrons. The largest absolute Gasteiger partial charge is 0.348 e. The Hall–Kier alpha value is -1.94. The van der Waals surface area contributed by atoms with E-state index in [4.69, 9.17) is 0 Å². The summed E-state index contributed by atoms with van der Waals surface area (Å²) < 4.78 is 12.7. The molecule has 21 heavy (non-hydrogen) atoms. The number of carbonyl (C=O) groups is 1. The van der Waals surface area contributed by atoms with Crippen LogP contribution in [-0.2, 0) is 15.6 Å². The number of hydrogen-bond acceptors (Lipinski definition) is 2. The van der Waals surface area contributed by atoms with Crippen LogP contribution in [0.15, 0.2) is 48.5 Å². The lowest BCUT2D eigenvalue weighted by molar-refractivity contribution is -0.125. The third kappa shape index (κ3) is 2.40. The Morgan fingerprint density at radius 1 is 1.00 bits per heavy atom. The van der Waals surface area contributed by atoms with Crippen LogP contribution in [0.25, 0.3) is 11.1 Å². The fourth-order valence-electron chi connectivity index (χ4n) is 2.73. The van der Waals surface area contributed by atoms with Crippen LogP contribution in [-0.4, -0.2) is 34.9 Å². The zero-order valence-corrected chi connectivity index (χ0v) is 12.9. The first kappa shape index (κ1) is 14.0. The Balaban J connectivity index is 2.03. The van der Waals surface area contributed by atoms with Crippen molar-refractivity contribution in [3.8, 4) is 11.1 Å². The molecule has 1 unspecified atom stereocenters. The molecular weight excluding hydrogens is 282 g/mol. The van der Waals surface area contributed by atoms with Crippen molar-refractivity contribution in [2.45, 2.75) is 5.25 Å². The monoisotopic (exact) mass is 299 g/mol. The number of benzene rings is 2. The molecule has 2 aromatic rings. The molecule has 1 atom stereocenters. The number of amides is 1. The molecule has 1 aliphatic rings. The predicted molar refractivity (Wildman–Crippen MR) is 85.4 cm³/mol. The van der Waals surface area contributed by atoms with Crippen molar-refractivity contribution >= 4 is 16.7 Å². The van der Waals surface area contributed by atoms with Gasteiger partial charge in [-0.25, -0.2) is 0 Å². The number of nitrogens with zero attached hydrogens (tertiary/aromatic N) is 1. The summed E-state index contributed by atoms with van der Waals surface area (Å²) in [6, 6.07) is 16.0. The molecule has 0 aromatic heterocycles. The first-order chi connectivity index (χ1) is 10.1. The maximum absolute atomic E-state index is 12.7. The molecule has 3 nitrogen and oxygen atoms in total. The van der Waals surface area contributed by atoms with E-state index in [0.29, 0.717) is 0 Å². The molecule has 0 saturated heterocycles. The van der Waals surface area contributed by atoms with Crippen molar-refractivity contribution in [3.63, 3.8) is 0 Å². The van der Waals surface area contributed by atoms with Gasteiger partial charge in [-0.2, -0.15) is 0 Å². The van der Waals surface area contributed by atoms with Gasteiger partial charge in [-0.1, -0.05) is 48.5 Å². The molecule has 1 amide bonds. The molecule has 0 heterocycles. The van der Waals surface area contributed by atoms with E-state index in [9.17, 15) is 9.00 Å². The van der Waals surface area contributed by atoms with Crippen LogP contribution in [0.4, 0.5) is 0 Å².